The lowest BCUT2D eigenvalue weighted by Gasteiger charge is -2.12. The zero-order valence-corrected chi connectivity index (χ0v) is 17.9. The number of alkyl carbamates (subject to hydrolysis) is 1. The summed E-state index contributed by atoms with van der Waals surface area (Å²) in [5, 5.41) is 5.70. The predicted molar refractivity (Wildman–Crippen MR) is 119 cm³/mol. The average molecular weight is 421 g/mol. The number of rotatable bonds is 9. The van der Waals surface area contributed by atoms with Crippen molar-refractivity contribution in [2.75, 3.05) is 6.54 Å². The number of ether oxygens (including phenoxy) is 1. The van der Waals surface area contributed by atoms with Crippen LogP contribution in [0.4, 0.5) is 4.79 Å². The van der Waals surface area contributed by atoms with Crippen molar-refractivity contribution in [3.05, 3.63) is 83.6 Å². The van der Waals surface area contributed by atoms with E-state index >= 15 is 0 Å². The van der Waals surface area contributed by atoms with Crippen LogP contribution >= 0.6 is 0 Å². The fraction of sp³-hybridized carbons (Fsp3) is 0.280. The van der Waals surface area contributed by atoms with Crippen LogP contribution in [0, 0.1) is 5.92 Å². The second kappa shape index (κ2) is 11.0. The highest BCUT2D eigenvalue weighted by molar-refractivity contribution is 5.99. The van der Waals surface area contributed by atoms with E-state index < -0.39 is 6.09 Å². The molecule has 2 amide bonds. The van der Waals surface area contributed by atoms with E-state index in [2.05, 4.69) is 24.5 Å². The summed E-state index contributed by atoms with van der Waals surface area (Å²) in [6.45, 7) is 5.29. The highest BCUT2D eigenvalue weighted by Gasteiger charge is 2.18. The Morgan fingerprint density at radius 1 is 0.968 bits per heavy atom. The fourth-order valence-corrected chi connectivity index (χ4v) is 3.10. The molecule has 0 saturated heterocycles. The molecule has 3 aromatic rings. The van der Waals surface area contributed by atoms with Crippen LogP contribution in [0.1, 0.15) is 41.8 Å². The first-order chi connectivity index (χ1) is 15.0. The molecule has 0 spiro atoms. The van der Waals surface area contributed by atoms with Crippen molar-refractivity contribution >= 4 is 12.0 Å². The zero-order valence-electron chi connectivity index (χ0n) is 17.9. The maximum atomic E-state index is 12.6. The monoisotopic (exact) mass is 420 g/mol. The number of furan rings is 1. The Labute approximate surface area is 182 Å². The Morgan fingerprint density at radius 3 is 2.48 bits per heavy atom. The summed E-state index contributed by atoms with van der Waals surface area (Å²) in [6.07, 6.45) is 1.90. The van der Waals surface area contributed by atoms with E-state index in [1.807, 2.05) is 54.6 Å². The van der Waals surface area contributed by atoms with Gasteiger partial charge >= 0.3 is 6.09 Å². The summed E-state index contributed by atoms with van der Waals surface area (Å²) in [4.78, 5) is 24.7. The fourth-order valence-electron chi connectivity index (χ4n) is 3.10. The minimum atomic E-state index is -0.509. The third-order valence-corrected chi connectivity index (χ3v) is 4.82. The summed E-state index contributed by atoms with van der Waals surface area (Å²) < 4.78 is 10.9. The van der Waals surface area contributed by atoms with Gasteiger partial charge < -0.3 is 19.8 Å². The number of carbonyl (C=O) groups excluding carboxylic acids is 2. The Morgan fingerprint density at radius 2 is 1.71 bits per heavy atom. The molecular formula is C25H28N2O4. The summed E-state index contributed by atoms with van der Waals surface area (Å²) in [7, 11) is 0. The smallest absolute Gasteiger partial charge is 0.407 e. The first kappa shape index (κ1) is 22.2. The number of amides is 2. The molecule has 2 N–H and O–H groups in total. The first-order valence-corrected chi connectivity index (χ1v) is 10.4. The van der Waals surface area contributed by atoms with E-state index in [1.165, 1.54) is 6.26 Å². The average Bonchev–Trinajstić information content (AvgIpc) is 3.27. The van der Waals surface area contributed by atoms with Gasteiger partial charge in [-0.2, -0.15) is 0 Å². The molecule has 6 nitrogen and oxygen atoms in total. The van der Waals surface area contributed by atoms with E-state index in [0.29, 0.717) is 23.8 Å². The van der Waals surface area contributed by atoms with Crippen molar-refractivity contribution in [3.8, 4) is 11.3 Å². The SMILES string of the molecule is CC(C)CCNC(=O)c1ccoc1-c1ccccc1CNC(=O)OCc1ccccc1. The van der Waals surface area contributed by atoms with Crippen LogP contribution in [0.5, 0.6) is 0 Å². The molecule has 0 unspecified atom stereocenters. The summed E-state index contributed by atoms with van der Waals surface area (Å²) in [6, 6.07) is 18.7. The Hall–Kier alpha value is -3.54. The van der Waals surface area contributed by atoms with E-state index in [1.54, 1.807) is 6.07 Å². The zero-order chi connectivity index (χ0) is 22.1. The van der Waals surface area contributed by atoms with Crippen molar-refractivity contribution in [2.24, 2.45) is 5.92 Å². The molecule has 3 rings (SSSR count). The third-order valence-electron chi connectivity index (χ3n) is 4.82. The second-order valence-corrected chi connectivity index (χ2v) is 7.67. The van der Waals surface area contributed by atoms with Crippen LogP contribution < -0.4 is 10.6 Å². The lowest BCUT2D eigenvalue weighted by atomic mass is 10.0. The third kappa shape index (κ3) is 6.47. The molecule has 0 bridgehead atoms. The Kier molecular flexibility index (Phi) is 7.87. The second-order valence-electron chi connectivity index (χ2n) is 7.67. The number of benzene rings is 2. The first-order valence-electron chi connectivity index (χ1n) is 10.4. The molecule has 1 aromatic heterocycles. The van der Waals surface area contributed by atoms with Gasteiger partial charge in [0.1, 0.15) is 12.4 Å². The molecule has 0 saturated carbocycles. The van der Waals surface area contributed by atoms with Gasteiger partial charge in [-0.1, -0.05) is 68.4 Å². The van der Waals surface area contributed by atoms with E-state index in [4.69, 9.17) is 9.15 Å². The van der Waals surface area contributed by atoms with Gasteiger partial charge in [-0.15, -0.1) is 0 Å². The van der Waals surface area contributed by atoms with Crippen LogP contribution in [-0.2, 0) is 17.9 Å². The largest absolute Gasteiger partial charge is 0.463 e. The molecule has 0 radical (unpaired) electrons. The molecule has 0 aliphatic carbocycles. The molecule has 0 aliphatic heterocycles. The molecule has 0 fully saturated rings. The molecule has 162 valence electrons. The summed E-state index contributed by atoms with van der Waals surface area (Å²) >= 11 is 0. The van der Waals surface area contributed by atoms with Crippen LogP contribution in [0.15, 0.2) is 71.3 Å². The van der Waals surface area contributed by atoms with Gasteiger partial charge in [0, 0.05) is 18.7 Å². The molecule has 0 aliphatic rings. The van der Waals surface area contributed by atoms with Crippen molar-refractivity contribution in [1.29, 1.82) is 0 Å². The number of hydrogen-bond donors (Lipinski definition) is 2. The van der Waals surface area contributed by atoms with Gasteiger partial charge in [0.05, 0.1) is 11.8 Å². The summed E-state index contributed by atoms with van der Waals surface area (Å²) in [5.41, 5.74) is 2.97. The maximum absolute atomic E-state index is 12.6. The minimum absolute atomic E-state index is 0.172. The maximum Gasteiger partial charge on any atom is 0.407 e. The molecule has 6 heteroatoms. The van der Waals surface area contributed by atoms with Crippen LogP contribution in [0.25, 0.3) is 11.3 Å². The normalized spacial score (nSPS) is 10.7. The molecule has 0 atom stereocenters. The molecule has 1 heterocycles. The number of carbonyl (C=O) groups is 2. The predicted octanol–water partition coefficient (Wildman–Crippen LogP) is 5.15. The number of nitrogens with one attached hydrogen (secondary N) is 2. The van der Waals surface area contributed by atoms with Crippen molar-refractivity contribution in [2.45, 2.75) is 33.4 Å². The number of hydrogen-bond acceptors (Lipinski definition) is 4. The van der Waals surface area contributed by atoms with E-state index in [-0.39, 0.29) is 19.1 Å². The van der Waals surface area contributed by atoms with Gasteiger partial charge in [0.25, 0.3) is 5.91 Å². The molecule has 2 aromatic carbocycles. The van der Waals surface area contributed by atoms with Crippen LogP contribution in [0.3, 0.4) is 0 Å². The van der Waals surface area contributed by atoms with Crippen molar-refractivity contribution in [1.82, 2.24) is 10.6 Å². The minimum Gasteiger partial charge on any atom is -0.463 e. The quantitative estimate of drug-likeness (QED) is 0.502. The lowest BCUT2D eigenvalue weighted by Crippen LogP contribution is -2.25. The van der Waals surface area contributed by atoms with Gasteiger partial charge in [0.15, 0.2) is 0 Å². The summed E-state index contributed by atoms with van der Waals surface area (Å²) in [5.74, 6) is 0.823. The van der Waals surface area contributed by atoms with Crippen LogP contribution in [0.2, 0.25) is 0 Å². The van der Waals surface area contributed by atoms with Gasteiger partial charge in [-0.05, 0) is 29.5 Å². The van der Waals surface area contributed by atoms with Gasteiger partial charge in [-0.3, -0.25) is 4.79 Å². The van der Waals surface area contributed by atoms with E-state index in [0.717, 1.165) is 23.1 Å². The molecular weight excluding hydrogens is 392 g/mol. The Bertz CT molecular complexity index is 996. The molecule has 31 heavy (non-hydrogen) atoms. The lowest BCUT2D eigenvalue weighted by molar-refractivity contribution is 0.0952. The van der Waals surface area contributed by atoms with E-state index in [9.17, 15) is 9.59 Å². The van der Waals surface area contributed by atoms with Crippen molar-refractivity contribution in [3.63, 3.8) is 0 Å². The standard InChI is InChI=1S/C25H28N2O4/c1-18(2)12-14-26-24(28)22-13-15-30-23(22)21-11-7-6-10-20(21)16-27-25(29)31-17-19-8-4-3-5-9-19/h3-11,13,15,18H,12,14,16-17H2,1-2H3,(H,26,28)(H,27,29). The highest BCUT2D eigenvalue weighted by Crippen LogP contribution is 2.28. The van der Waals surface area contributed by atoms with Gasteiger partial charge in [0.2, 0.25) is 0 Å². The highest BCUT2D eigenvalue weighted by atomic mass is 16.5. The van der Waals surface area contributed by atoms with Gasteiger partial charge in [-0.25, -0.2) is 4.79 Å². The van der Waals surface area contributed by atoms with Crippen molar-refractivity contribution < 1.29 is 18.7 Å². The topological polar surface area (TPSA) is 80.6 Å². The van der Waals surface area contributed by atoms with Crippen LogP contribution in [-0.4, -0.2) is 18.5 Å². The Balaban J connectivity index is 1.64.